The first-order valence-corrected chi connectivity index (χ1v) is 9.31. The van der Waals surface area contributed by atoms with Crippen molar-refractivity contribution in [1.29, 1.82) is 0 Å². The summed E-state index contributed by atoms with van der Waals surface area (Å²) >= 11 is 0. The van der Waals surface area contributed by atoms with E-state index in [1.54, 1.807) is 0 Å². The molecule has 0 amide bonds. The van der Waals surface area contributed by atoms with Gasteiger partial charge in [0.05, 0.1) is 22.4 Å². The fourth-order valence-electron chi connectivity index (χ4n) is 2.32. The highest BCUT2D eigenvalue weighted by atomic mass is 32.2. The molecule has 2 aliphatic heterocycles. The van der Waals surface area contributed by atoms with Crippen LogP contribution in [0.5, 0.6) is 0 Å². The summed E-state index contributed by atoms with van der Waals surface area (Å²) in [6, 6.07) is 0. The fourth-order valence-corrected chi connectivity index (χ4v) is 6.96. The van der Waals surface area contributed by atoms with E-state index in [9.17, 15) is 21.9 Å². The lowest BCUT2D eigenvalue weighted by Crippen LogP contribution is -2.67. The van der Waals surface area contributed by atoms with Crippen molar-refractivity contribution in [3.63, 3.8) is 0 Å². The van der Waals surface area contributed by atoms with Crippen molar-refractivity contribution in [2.75, 3.05) is 24.6 Å². The van der Waals surface area contributed by atoms with E-state index in [1.807, 2.05) is 13.8 Å². The molecule has 0 aliphatic carbocycles. The van der Waals surface area contributed by atoms with Crippen molar-refractivity contribution in [3.05, 3.63) is 0 Å². The van der Waals surface area contributed by atoms with E-state index in [1.165, 1.54) is 4.31 Å². The lowest BCUT2D eigenvalue weighted by atomic mass is 9.85. The molecule has 2 fully saturated rings. The standard InChI is InChI=1S/C10H19NO5S2/c1-8(2)10(12)6-11(7-10)18(15,16)9-3-4-17(13,14)5-9/h8-9,12H,3-7H2,1-2H3. The number of nitrogens with zero attached hydrogens (tertiary/aromatic N) is 1. The van der Waals surface area contributed by atoms with Crippen LogP contribution in [0.3, 0.4) is 0 Å². The van der Waals surface area contributed by atoms with Crippen molar-refractivity contribution in [3.8, 4) is 0 Å². The highest BCUT2D eigenvalue weighted by molar-refractivity contribution is 7.95. The van der Waals surface area contributed by atoms with E-state index < -0.39 is 30.7 Å². The molecule has 1 unspecified atom stereocenters. The van der Waals surface area contributed by atoms with Gasteiger partial charge in [0, 0.05) is 13.1 Å². The van der Waals surface area contributed by atoms with Crippen molar-refractivity contribution in [2.45, 2.75) is 31.1 Å². The van der Waals surface area contributed by atoms with E-state index >= 15 is 0 Å². The summed E-state index contributed by atoms with van der Waals surface area (Å²) in [4.78, 5) is 0. The van der Waals surface area contributed by atoms with Crippen molar-refractivity contribution in [1.82, 2.24) is 4.31 Å². The van der Waals surface area contributed by atoms with Crippen LogP contribution >= 0.6 is 0 Å². The zero-order valence-corrected chi connectivity index (χ0v) is 12.2. The van der Waals surface area contributed by atoms with Crippen LogP contribution in [0.4, 0.5) is 0 Å². The van der Waals surface area contributed by atoms with Crippen LogP contribution in [0.2, 0.25) is 0 Å². The minimum Gasteiger partial charge on any atom is -0.387 e. The van der Waals surface area contributed by atoms with Gasteiger partial charge in [0.25, 0.3) is 0 Å². The normalized spacial score (nSPS) is 31.4. The molecule has 0 radical (unpaired) electrons. The second kappa shape index (κ2) is 4.16. The van der Waals surface area contributed by atoms with Gasteiger partial charge in [-0.2, -0.15) is 4.31 Å². The molecule has 0 spiro atoms. The molecule has 0 aromatic rings. The van der Waals surface area contributed by atoms with Gasteiger partial charge in [0.1, 0.15) is 0 Å². The van der Waals surface area contributed by atoms with Gasteiger partial charge in [0.15, 0.2) is 9.84 Å². The topological polar surface area (TPSA) is 91.8 Å². The van der Waals surface area contributed by atoms with E-state index in [0.717, 1.165) is 0 Å². The minimum atomic E-state index is -3.58. The average Bonchev–Trinajstić information content (AvgIpc) is 2.54. The predicted octanol–water partition coefficient (Wildman–Crippen LogP) is -0.794. The van der Waals surface area contributed by atoms with E-state index in [4.69, 9.17) is 0 Å². The highest BCUT2D eigenvalue weighted by Crippen LogP contribution is 2.34. The Kier molecular flexibility index (Phi) is 3.29. The summed E-state index contributed by atoms with van der Waals surface area (Å²) in [5.74, 6) is -0.359. The number of β-amino-alcohol motifs (C(OH)–C–C–N with tert-alkyl or cyclic N) is 1. The summed E-state index contributed by atoms with van der Waals surface area (Å²) in [6.45, 7) is 3.82. The molecule has 2 rings (SSSR count). The third-order valence-corrected chi connectivity index (χ3v) is 8.15. The Hall–Kier alpha value is -0.180. The Morgan fingerprint density at radius 2 is 1.89 bits per heavy atom. The Morgan fingerprint density at radius 3 is 2.28 bits per heavy atom. The van der Waals surface area contributed by atoms with Crippen LogP contribution in [0.25, 0.3) is 0 Å². The Morgan fingerprint density at radius 1 is 1.33 bits per heavy atom. The van der Waals surface area contributed by atoms with Crippen LogP contribution in [0.15, 0.2) is 0 Å². The van der Waals surface area contributed by atoms with Crippen molar-refractivity contribution < 1.29 is 21.9 Å². The zero-order chi connectivity index (χ0) is 13.8. The molecule has 0 aromatic carbocycles. The monoisotopic (exact) mass is 297 g/mol. The Balaban J connectivity index is 2.07. The van der Waals surface area contributed by atoms with Gasteiger partial charge in [-0.3, -0.25) is 0 Å². The fraction of sp³-hybridized carbons (Fsp3) is 1.00. The molecule has 18 heavy (non-hydrogen) atoms. The molecule has 0 bridgehead atoms. The van der Waals surface area contributed by atoms with Crippen LogP contribution in [-0.2, 0) is 19.9 Å². The van der Waals surface area contributed by atoms with E-state index in [-0.39, 0.29) is 36.9 Å². The third kappa shape index (κ3) is 2.31. The first kappa shape index (κ1) is 14.2. The largest absolute Gasteiger partial charge is 0.387 e. The number of rotatable bonds is 3. The van der Waals surface area contributed by atoms with Gasteiger partial charge in [-0.1, -0.05) is 13.8 Å². The molecule has 106 valence electrons. The predicted molar refractivity (Wildman–Crippen MR) is 67.3 cm³/mol. The lowest BCUT2D eigenvalue weighted by Gasteiger charge is -2.48. The van der Waals surface area contributed by atoms with Crippen LogP contribution in [0.1, 0.15) is 20.3 Å². The maximum Gasteiger partial charge on any atom is 0.218 e. The molecule has 1 N–H and O–H groups in total. The van der Waals surface area contributed by atoms with Crippen LogP contribution < -0.4 is 0 Å². The summed E-state index contributed by atoms with van der Waals surface area (Å²) in [5, 5.41) is 9.21. The SMILES string of the molecule is CC(C)C1(O)CN(S(=O)(=O)C2CCS(=O)(=O)C2)C1. The molecular weight excluding hydrogens is 278 g/mol. The van der Waals surface area contributed by atoms with Gasteiger partial charge in [-0.05, 0) is 12.3 Å². The van der Waals surface area contributed by atoms with Crippen molar-refractivity contribution in [2.24, 2.45) is 5.92 Å². The number of hydrogen-bond acceptors (Lipinski definition) is 5. The third-order valence-electron chi connectivity index (χ3n) is 3.95. The second-order valence-electron chi connectivity index (χ2n) is 5.60. The van der Waals surface area contributed by atoms with Gasteiger partial charge >= 0.3 is 0 Å². The van der Waals surface area contributed by atoms with E-state index in [0.29, 0.717) is 0 Å². The number of sulfonamides is 1. The van der Waals surface area contributed by atoms with Gasteiger partial charge in [-0.25, -0.2) is 16.8 Å². The maximum absolute atomic E-state index is 12.2. The Bertz CT molecular complexity index is 531. The summed E-state index contributed by atoms with van der Waals surface area (Å²) in [6.07, 6.45) is 0.168. The molecule has 0 saturated carbocycles. The zero-order valence-electron chi connectivity index (χ0n) is 10.5. The average molecular weight is 297 g/mol. The smallest absolute Gasteiger partial charge is 0.218 e. The van der Waals surface area contributed by atoms with Crippen LogP contribution in [-0.4, -0.2) is 61.7 Å². The lowest BCUT2D eigenvalue weighted by molar-refractivity contribution is -0.0934. The minimum absolute atomic E-state index is 0.0174. The van der Waals surface area contributed by atoms with Gasteiger partial charge in [0.2, 0.25) is 10.0 Å². The quantitative estimate of drug-likeness (QED) is 0.737. The number of sulfone groups is 1. The molecule has 1 atom stereocenters. The first-order valence-electron chi connectivity index (χ1n) is 5.99. The molecule has 2 aliphatic rings. The molecular formula is C10H19NO5S2. The number of aliphatic hydroxyl groups is 1. The first-order chi connectivity index (χ1) is 8.07. The van der Waals surface area contributed by atoms with E-state index in [2.05, 4.69) is 0 Å². The van der Waals surface area contributed by atoms with Crippen molar-refractivity contribution >= 4 is 19.9 Å². The number of hydrogen-bond donors (Lipinski definition) is 1. The van der Waals surface area contributed by atoms with Gasteiger partial charge < -0.3 is 5.11 Å². The molecule has 2 heterocycles. The second-order valence-corrected chi connectivity index (χ2v) is 10.0. The Labute approximate surface area is 108 Å². The highest BCUT2D eigenvalue weighted by Gasteiger charge is 2.52. The molecule has 8 heteroatoms. The van der Waals surface area contributed by atoms with Gasteiger partial charge in [-0.15, -0.1) is 0 Å². The summed E-state index contributed by atoms with van der Waals surface area (Å²) in [7, 11) is -6.79. The summed E-state index contributed by atoms with van der Waals surface area (Å²) in [5.41, 5.74) is -0.968. The van der Waals surface area contributed by atoms with Crippen LogP contribution in [0, 0.1) is 5.92 Å². The summed E-state index contributed by atoms with van der Waals surface area (Å²) < 4.78 is 48.2. The maximum atomic E-state index is 12.2. The molecule has 0 aromatic heterocycles. The molecule has 2 saturated heterocycles. The molecule has 6 nitrogen and oxygen atoms in total.